The molecule has 2 rings (SSSR count). The molecule has 84 valence electrons. The number of hydrogen-bond donors (Lipinski definition) is 1. The summed E-state index contributed by atoms with van der Waals surface area (Å²) in [5, 5.41) is 0. The number of aromatic amines is 1. The minimum atomic E-state index is -0.236. The minimum Gasteiger partial charge on any atom is -0.460 e. The highest BCUT2D eigenvalue weighted by atomic mass is 79.9. The monoisotopic (exact) mass is 284 g/mol. The van der Waals surface area contributed by atoms with Crippen molar-refractivity contribution in [3.63, 3.8) is 0 Å². The molecular weight excluding hydrogens is 276 g/mol. The molecule has 0 amide bonds. The Kier molecular flexibility index (Phi) is 3.21. The molecule has 0 saturated carbocycles. The number of H-pyrrole nitrogens is 1. The van der Waals surface area contributed by atoms with E-state index in [9.17, 15) is 4.79 Å². The number of aromatic nitrogens is 2. The first-order chi connectivity index (χ1) is 7.70. The Hall–Kier alpha value is -1.40. The maximum atomic E-state index is 11.4. The third-order valence-corrected chi connectivity index (χ3v) is 2.54. The van der Waals surface area contributed by atoms with Crippen LogP contribution in [0.5, 0.6) is 0 Å². The van der Waals surface area contributed by atoms with Gasteiger partial charge in [0, 0.05) is 13.2 Å². The van der Waals surface area contributed by atoms with Crippen molar-refractivity contribution in [2.45, 2.75) is 6.61 Å². The molecule has 6 heteroatoms. The molecule has 2 heterocycles. The van der Waals surface area contributed by atoms with Gasteiger partial charge in [0.25, 0.3) is 5.56 Å². The summed E-state index contributed by atoms with van der Waals surface area (Å²) in [6, 6.07) is 3.13. The summed E-state index contributed by atoms with van der Waals surface area (Å²) in [5.74, 6) is 0.881. The molecule has 2 aromatic rings. The van der Waals surface area contributed by atoms with E-state index in [0.717, 1.165) is 4.47 Å². The van der Waals surface area contributed by atoms with Crippen molar-refractivity contribution in [1.82, 2.24) is 9.97 Å². The second kappa shape index (κ2) is 4.63. The van der Waals surface area contributed by atoms with Gasteiger partial charge in [-0.3, -0.25) is 4.79 Å². The van der Waals surface area contributed by atoms with E-state index < -0.39 is 0 Å². The Bertz CT molecular complexity index is 547. The van der Waals surface area contributed by atoms with E-state index in [0.29, 0.717) is 17.3 Å². The standard InChI is InChI=1S/C10H9BrN2O3/c1-15-5-6-4-8(14)13-10(12-6)9-7(11)2-3-16-9/h2-4H,5H2,1H3,(H,12,13,14). The SMILES string of the molecule is COCc1cc(=O)[nH]c(-c2occc2Br)n1. The highest BCUT2D eigenvalue weighted by Gasteiger charge is 2.10. The van der Waals surface area contributed by atoms with Crippen LogP contribution >= 0.6 is 15.9 Å². The lowest BCUT2D eigenvalue weighted by Crippen LogP contribution is -2.10. The van der Waals surface area contributed by atoms with Crippen LogP contribution in [0, 0.1) is 0 Å². The number of rotatable bonds is 3. The molecule has 16 heavy (non-hydrogen) atoms. The first kappa shape index (κ1) is 11.1. The largest absolute Gasteiger partial charge is 0.460 e. The third-order valence-electron chi connectivity index (χ3n) is 1.92. The fraction of sp³-hybridized carbons (Fsp3) is 0.200. The zero-order chi connectivity index (χ0) is 11.5. The van der Waals surface area contributed by atoms with Gasteiger partial charge < -0.3 is 14.1 Å². The molecular formula is C10H9BrN2O3. The second-order valence-corrected chi connectivity index (χ2v) is 3.97. The normalized spacial score (nSPS) is 10.6. The van der Waals surface area contributed by atoms with E-state index in [1.54, 1.807) is 13.2 Å². The number of nitrogens with one attached hydrogen (secondary N) is 1. The van der Waals surface area contributed by atoms with Crippen LogP contribution in [0.4, 0.5) is 0 Å². The van der Waals surface area contributed by atoms with E-state index >= 15 is 0 Å². The van der Waals surface area contributed by atoms with Gasteiger partial charge in [0.05, 0.1) is 23.0 Å². The number of methoxy groups -OCH3 is 1. The van der Waals surface area contributed by atoms with Crippen molar-refractivity contribution in [2.24, 2.45) is 0 Å². The van der Waals surface area contributed by atoms with Crippen LogP contribution in [-0.4, -0.2) is 17.1 Å². The van der Waals surface area contributed by atoms with E-state index in [2.05, 4.69) is 25.9 Å². The Morgan fingerprint density at radius 1 is 1.62 bits per heavy atom. The highest BCUT2D eigenvalue weighted by Crippen LogP contribution is 2.25. The van der Waals surface area contributed by atoms with Crippen molar-refractivity contribution >= 4 is 15.9 Å². The summed E-state index contributed by atoms with van der Waals surface area (Å²) in [4.78, 5) is 18.2. The molecule has 0 aliphatic heterocycles. The lowest BCUT2D eigenvalue weighted by molar-refractivity contribution is 0.181. The van der Waals surface area contributed by atoms with E-state index in [1.807, 2.05) is 0 Å². The maximum absolute atomic E-state index is 11.4. The summed E-state index contributed by atoms with van der Waals surface area (Å²) < 4.78 is 10.9. The van der Waals surface area contributed by atoms with Gasteiger partial charge in [-0.1, -0.05) is 0 Å². The molecule has 0 aliphatic carbocycles. The van der Waals surface area contributed by atoms with Crippen LogP contribution in [-0.2, 0) is 11.3 Å². The van der Waals surface area contributed by atoms with Gasteiger partial charge in [0.2, 0.25) is 0 Å². The van der Waals surface area contributed by atoms with Crippen molar-refractivity contribution in [1.29, 1.82) is 0 Å². The van der Waals surface area contributed by atoms with Crippen LogP contribution in [0.2, 0.25) is 0 Å². The average Bonchev–Trinajstić information content (AvgIpc) is 2.64. The molecule has 0 spiro atoms. The van der Waals surface area contributed by atoms with E-state index in [1.165, 1.54) is 12.3 Å². The van der Waals surface area contributed by atoms with Crippen molar-refractivity contribution in [2.75, 3.05) is 7.11 Å². The molecule has 0 unspecified atom stereocenters. The first-order valence-electron chi connectivity index (χ1n) is 4.53. The fourth-order valence-electron chi connectivity index (χ4n) is 1.30. The lowest BCUT2D eigenvalue weighted by Gasteiger charge is -2.01. The van der Waals surface area contributed by atoms with Crippen LogP contribution in [0.1, 0.15) is 5.69 Å². The molecule has 1 N–H and O–H groups in total. The number of furan rings is 1. The molecule has 0 atom stereocenters. The van der Waals surface area contributed by atoms with Gasteiger partial charge in [-0.15, -0.1) is 0 Å². The minimum absolute atomic E-state index is 0.236. The lowest BCUT2D eigenvalue weighted by atomic mass is 10.3. The predicted molar refractivity (Wildman–Crippen MR) is 61.0 cm³/mol. The Balaban J connectivity index is 2.49. The number of ether oxygens (including phenoxy) is 1. The molecule has 0 fully saturated rings. The summed E-state index contributed by atoms with van der Waals surface area (Å²) in [6.07, 6.45) is 1.52. The first-order valence-corrected chi connectivity index (χ1v) is 5.32. The summed E-state index contributed by atoms with van der Waals surface area (Å²) >= 11 is 3.30. The van der Waals surface area contributed by atoms with Crippen molar-refractivity contribution in [3.05, 3.63) is 38.9 Å². The van der Waals surface area contributed by atoms with Gasteiger partial charge in [0.1, 0.15) is 0 Å². The molecule has 0 aromatic carbocycles. The van der Waals surface area contributed by atoms with Crippen molar-refractivity contribution < 1.29 is 9.15 Å². The van der Waals surface area contributed by atoms with Gasteiger partial charge in [-0.25, -0.2) is 4.98 Å². The number of hydrogen-bond acceptors (Lipinski definition) is 4. The van der Waals surface area contributed by atoms with Crippen LogP contribution in [0.15, 0.2) is 32.1 Å². The fourth-order valence-corrected chi connectivity index (χ4v) is 1.69. The molecule has 0 aliphatic rings. The number of nitrogens with zero attached hydrogens (tertiary/aromatic N) is 1. The molecule has 0 bridgehead atoms. The summed E-state index contributed by atoms with van der Waals surface area (Å²) in [7, 11) is 1.55. The van der Waals surface area contributed by atoms with Crippen LogP contribution < -0.4 is 5.56 Å². The Morgan fingerprint density at radius 2 is 2.44 bits per heavy atom. The van der Waals surface area contributed by atoms with Gasteiger partial charge in [0.15, 0.2) is 11.6 Å². The zero-order valence-corrected chi connectivity index (χ0v) is 10.1. The number of halogens is 1. The quantitative estimate of drug-likeness (QED) is 0.935. The second-order valence-electron chi connectivity index (χ2n) is 3.12. The van der Waals surface area contributed by atoms with Gasteiger partial charge in [-0.05, 0) is 22.0 Å². The molecule has 0 radical (unpaired) electrons. The molecule has 5 nitrogen and oxygen atoms in total. The Morgan fingerprint density at radius 3 is 3.06 bits per heavy atom. The molecule has 0 saturated heterocycles. The maximum Gasteiger partial charge on any atom is 0.251 e. The highest BCUT2D eigenvalue weighted by molar-refractivity contribution is 9.10. The van der Waals surface area contributed by atoms with Crippen LogP contribution in [0.3, 0.4) is 0 Å². The third kappa shape index (κ3) is 2.23. The van der Waals surface area contributed by atoms with Gasteiger partial charge >= 0.3 is 0 Å². The van der Waals surface area contributed by atoms with Gasteiger partial charge in [-0.2, -0.15) is 0 Å². The predicted octanol–water partition coefficient (Wildman–Crippen LogP) is 1.94. The summed E-state index contributed by atoms with van der Waals surface area (Å²) in [6.45, 7) is 0.287. The zero-order valence-electron chi connectivity index (χ0n) is 8.49. The Labute approximate surface area is 99.6 Å². The van der Waals surface area contributed by atoms with Crippen LogP contribution in [0.25, 0.3) is 11.6 Å². The smallest absolute Gasteiger partial charge is 0.251 e. The summed E-state index contributed by atoms with van der Waals surface area (Å²) in [5.41, 5.74) is 0.324. The van der Waals surface area contributed by atoms with E-state index in [4.69, 9.17) is 9.15 Å². The molecule has 2 aromatic heterocycles. The van der Waals surface area contributed by atoms with Crippen molar-refractivity contribution in [3.8, 4) is 11.6 Å². The average molecular weight is 285 g/mol. The van der Waals surface area contributed by atoms with E-state index in [-0.39, 0.29) is 12.2 Å². The topological polar surface area (TPSA) is 68.1 Å².